The van der Waals surface area contributed by atoms with Crippen LogP contribution in [0.5, 0.6) is 5.75 Å². The van der Waals surface area contributed by atoms with E-state index in [0.29, 0.717) is 18.2 Å². The fraction of sp³-hybridized carbons (Fsp3) is 0.630. The number of hydrogen-bond donors (Lipinski definition) is 1. The summed E-state index contributed by atoms with van der Waals surface area (Å²) in [5.74, 6) is 2.10. The third kappa shape index (κ3) is 5.26. The fourth-order valence-corrected chi connectivity index (χ4v) is 5.39. The quantitative estimate of drug-likeness (QED) is 0.598. The van der Waals surface area contributed by atoms with Crippen LogP contribution in [0.25, 0.3) is 0 Å². The molecule has 0 saturated carbocycles. The molecule has 9 heteroatoms. The first-order valence-corrected chi connectivity index (χ1v) is 13.2. The monoisotopic (exact) mass is 496 g/mol. The van der Waals surface area contributed by atoms with Crippen LogP contribution in [-0.4, -0.2) is 83.2 Å². The van der Waals surface area contributed by atoms with E-state index >= 15 is 0 Å². The molecule has 196 valence electrons. The smallest absolute Gasteiger partial charge is 0.252 e. The average Bonchev–Trinajstić information content (AvgIpc) is 3.18. The van der Waals surface area contributed by atoms with Crippen molar-refractivity contribution in [1.29, 1.82) is 0 Å². The number of piperazine rings is 1. The summed E-state index contributed by atoms with van der Waals surface area (Å²) in [5, 5.41) is 9.84. The lowest BCUT2D eigenvalue weighted by molar-refractivity contribution is -0.130. The van der Waals surface area contributed by atoms with Gasteiger partial charge in [-0.2, -0.15) is 5.10 Å². The molecule has 3 aliphatic rings. The molecule has 36 heavy (non-hydrogen) atoms. The molecule has 2 unspecified atom stereocenters. The third-order valence-electron chi connectivity index (χ3n) is 7.28. The highest BCUT2D eigenvalue weighted by atomic mass is 16.5. The molecule has 3 heterocycles. The summed E-state index contributed by atoms with van der Waals surface area (Å²) in [4.78, 5) is 34.0. The Hall–Kier alpha value is -2.94. The lowest BCUT2D eigenvalue weighted by Crippen LogP contribution is -2.56. The standard InChI is InChI=1S/C27H40N6O3/c1-7-11-27(5,6)26-28-18(3)23-25(35)29-24(30-33(23)26)21-16-20(9-10-22(21)36-8-2)17-31-12-14-32(15-13-31)19(4)34/h9-10,16,18,23H,7-8,11-15,17H2,1-6H3,(H,29,30,35). The van der Waals surface area contributed by atoms with Gasteiger partial charge in [0.2, 0.25) is 5.91 Å². The van der Waals surface area contributed by atoms with Crippen LogP contribution in [0.1, 0.15) is 65.5 Å². The van der Waals surface area contributed by atoms with Crippen LogP contribution in [0.4, 0.5) is 0 Å². The number of rotatable bonds is 8. The van der Waals surface area contributed by atoms with Crippen molar-refractivity contribution < 1.29 is 14.3 Å². The molecule has 0 spiro atoms. The molecule has 2 amide bonds. The average molecular weight is 497 g/mol. The number of fused-ring (bicyclic) bond motifs is 1. The second-order valence-electron chi connectivity index (χ2n) is 10.6. The second kappa shape index (κ2) is 10.6. The third-order valence-corrected chi connectivity index (χ3v) is 7.28. The molecule has 1 fully saturated rings. The van der Waals surface area contributed by atoms with Gasteiger partial charge in [0.25, 0.3) is 5.91 Å². The second-order valence-corrected chi connectivity index (χ2v) is 10.6. The number of carbonyl (C=O) groups is 2. The molecular weight excluding hydrogens is 456 g/mol. The number of carbonyl (C=O) groups excluding carboxylic acids is 2. The predicted octanol–water partition coefficient (Wildman–Crippen LogP) is 2.84. The molecule has 1 aromatic rings. The Morgan fingerprint density at radius 2 is 1.92 bits per heavy atom. The van der Waals surface area contributed by atoms with Crippen LogP contribution < -0.4 is 10.1 Å². The highest BCUT2D eigenvalue weighted by Gasteiger charge is 2.47. The van der Waals surface area contributed by atoms with E-state index < -0.39 is 6.04 Å². The van der Waals surface area contributed by atoms with E-state index in [1.165, 1.54) is 0 Å². The molecule has 1 aromatic carbocycles. The van der Waals surface area contributed by atoms with Gasteiger partial charge in [-0.3, -0.25) is 19.5 Å². The molecule has 0 bridgehead atoms. The minimum Gasteiger partial charge on any atom is -0.493 e. The zero-order chi connectivity index (χ0) is 26.0. The lowest BCUT2D eigenvalue weighted by Gasteiger charge is -2.35. The molecule has 1 N–H and O–H groups in total. The first-order valence-electron chi connectivity index (χ1n) is 13.2. The first kappa shape index (κ1) is 26.1. The Balaban J connectivity index is 1.63. The molecule has 2 atom stereocenters. The molecule has 3 aliphatic heterocycles. The zero-order valence-electron chi connectivity index (χ0n) is 22.5. The van der Waals surface area contributed by atoms with Crippen LogP contribution in [0, 0.1) is 5.41 Å². The van der Waals surface area contributed by atoms with Crippen molar-refractivity contribution >= 4 is 23.5 Å². The minimum absolute atomic E-state index is 0.0910. The van der Waals surface area contributed by atoms with Crippen molar-refractivity contribution in [1.82, 2.24) is 20.1 Å². The van der Waals surface area contributed by atoms with E-state index in [9.17, 15) is 9.59 Å². The summed E-state index contributed by atoms with van der Waals surface area (Å²) >= 11 is 0. The van der Waals surface area contributed by atoms with Gasteiger partial charge in [-0.15, -0.1) is 0 Å². The number of nitrogens with zero attached hydrogens (tertiary/aromatic N) is 5. The van der Waals surface area contributed by atoms with Crippen molar-refractivity contribution in [3.8, 4) is 5.75 Å². The SMILES string of the molecule is CCCC(C)(C)C1=NC(C)C2C(=O)NC(c3cc(CN4CCN(C(C)=O)CC4)ccc3OCC)=NN12. The van der Waals surface area contributed by atoms with E-state index in [-0.39, 0.29) is 23.3 Å². The van der Waals surface area contributed by atoms with Crippen molar-refractivity contribution in [2.75, 3.05) is 32.8 Å². The molecule has 0 aromatic heterocycles. The van der Waals surface area contributed by atoms with E-state index in [0.717, 1.165) is 62.5 Å². The molecular formula is C27H40N6O3. The van der Waals surface area contributed by atoms with E-state index in [1.807, 2.05) is 29.8 Å². The lowest BCUT2D eigenvalue weighted by atomic mass is 9.86. The van der Waals surface area contributed by atoms with Gasteiger partial charge in [0.05, 0.1) is 18.2 Å². The number of amidine groups is 2. The number of nitrogens with one attached hydrogen (secondary N) is 1. The van der Waals surface area contributed by atoms with Crippen molar-refractivity contribution in [2.45, 2.75) is 73.0 Å². The molecule has 4 rings (SSSR count). The maximum atomic E-state index is 13.3. The summed E-state index contributed by atoms with van der Waals surface area (Å²) < 4.78 is 5.94. The Kier molecular flexibility index (Phi) is 7.68. The predicted molar refractivity (Wildman–Crippen MR) is 141 cm³/mol. The van der Waals surface area contributed by atoms with Gasteiger partial charge >= 0.3 is 0 Å². The highest BCUT2D eigenvalue weighted by molar-refractivity contribution is 6.14. The topological polar surface area (TPSA) is 89.8 Å². The van der Waals surface area contributed by atoms with Gasteiger partial charge < -0.3 is 15.0 Å². The van der Waals surface area contributed by atoms with Crippen LogP contribution in [0.3, 0.4) is 0 Å². The minimum atomic E-state index is -0.434. The number of hydrazone groups is 1. The van der Waals surface area contributed by atoms with Gasteiger partial charge in [0, 0.05) is 45.1 Å². The Bertz CT molecular complexity index is 1060. The largest absolute Gasteiger partial charge is 0.493 e. The van der Waals surface area contributed by atoms with Gasteiger partial charge in [-0.05, 0) is 38.0 Å². The number of benzene rings is 1. The highest BCUT2D eigenvalue weighted by Crippen LogP contribution is 2.35. The summed E-state index contributed by atoms with van der Waals surface area (Å²) in [6.45, 7) is 16.5. The number of amides is 2. The van der Waals surface area contributed by atoms with Crippen LogP contribution in [0.15, 0.2) is 28.3 Å². The van der Waals surface area contributed by atoms with Gasteiger partial charge in [0.1, 0.15) is 11.6 Å². The summed E-state index contributed by atoms with van der Waals surface area (Å²) in [6, 6.07) is 5.50. The van der Waals surface area contributed by atoms with E-state index in [4.69, 9.17) is 14.8 Å². The molecule has 9 nitrogen and oxygen atoms in total. The van der Waals surface area contributed by atoms with Crippen molar-refractivity contribution in [3.63, 3.8) is 0 Å². The van der Waals surface area contributed by atoms with Crippen LogP contribution in [-0.2, 0) is 16.1 Å². The van der Waals surface area contributed by atoms with Crippen molar-refractivity contribution in [2.24, 2.45) is 15.5 Å². The molecule has 1 saturated heterocycles. The van der Waals surface area contributed by atoms with Crippen LogP contribution in [0.2, 0.25) is 0 Å². The Morgan fingerprint density at radius 1 is 1.19 bits per heavy atom. The molecule has 0 aliphatic carbocycles. The van der Waals surface area contributed by atoms with Gasteiger partial charge in [-0.25, -0.2) is 5.01 Å². The van der Waals surface area contributed by atoms with E-state index in [2.05, 4.69) is 43.1 Å². The van der Waals surface area contributed by atoms with Crippen molar-refractivity contribution in [3.05, 3.63) is 29.3 Å². The molecule has 0 radical (unpaired) electrons. The van der Waals surface area contributed by atoms with Crippen LogP contribution >= 0.6 is 0 Å². The fourth-order valence-electron chi connectivity index (χ4n) is 5.39. The normalized spacial score (nSPS) is 22.7. The maximum Gasteiger partial charge on any atom is 0.252 e. The summed E-state index contributed by atoms with van der Waals surface area (Å²) in [6.07, 6.45) is 1.99. The number of aliphatic imine (C=N–C) groups is 1. The summed E-state index contributed by atoms with van der Waals surface area (Å²) in [5.41, 5.74) is 1.70. The van der Waals surface area contributed by atoms with Gasteiger partial charge in [-0.1, -0.05) is 33.3 Å². The van der Waals surface area contributed by atoms with E-state index in [1.54, 1.807) is 6.92 Å². The number of ether oxygens (including phenoxy) is 1. The number of hydrogen-bond acceptors (Lipinski definition) is 7. The maximum absolute atomic E-state index is 13.3. The first-order chi connectivity index (χ1) is 17.1. The zero-order valence-corrected chi connectivity index (χ0v) is 22.5. The summed E-state index contributed by atoms with van der Waals surface area (Å²) in [7, 11) is 0. The Labute approximate surface area is 214 Å². The Morgan fingerprint density at radius 3 is 2.56 bits per heavy atom. The van der Waals surface area contributed by atoms with Gasteiger partial charge in [0.15, 0.2) is 11.9 Å².